The number of amides is 3. The highest BCUT2D eigenvalue weighted by atomic mass is 127. The molecule has 1 aromatic rings. The fourth-order valence-electron chi connectivity index (χ4n) is 3.38. The lowest BCUT2D eigenvalue weighted by atomic mass is 10.1. The summed E-state index contributed by atoms with van der Waals surface area (Å²) in [4.78, 5) is 40.7. The summed E-state index contributed by atoms with van der Waals surface area (Å²) < 4.78 is 12.2. The summed E-state index contributed by atoms with van der Waals surface area (Å²) in [6.07, 6.45) is 4.70. The van der Waals surface area contributed by atoms with Crippen LogP contribution in [0.4, 0.5) is 4.79 Å². The molecule has 30 heavy (non-hydrogen) atoms. The van der Waals surface area contributed by atoms with Gasteiger partial charge in [0.15, 0.2) is 11.5 Å². The van der Waals surface area contributed by atoms with Gasteiger partial charge in [-0.3, -0.25) is 19.3 Å². The first kappa shape index (κ1) is 22.9. The minimum Gasteiger partial charge on any atom is -0.490 e. The fraction of sp³-hybridized carbons (Fsp3) is 0.476. The molecular formula is C21H25IN2O5S. The van der Waals surface area contributed by atoms with Crippen LogP contribution in [0.15, 0.2) is 17.0 Å². The molecule has 2 saturated heterocycles. The minimum atomic E-state index is -0.433. The zero-order chi connectivity index (χ0) is 21.7. The van der Waals surface area contributed by atoms with Crippen molar-refractivity contribution in [2.45, 2.75) is 33.1 Å². The molecule has 0 aromatic heterocycles. The molecule has 162 valence electrons. The summed E-state index contributed by atoms with van der Waals surface area (Å²) in [5.41, 5.74) is 0.735. The van der Waals surface area contributed by atoms with Crippen LogP contribution in [0, 0.1) is 3.57 Å². The first-order valence-corrected chi connectivity index (χ1v) is 12.0. The molecule has 2 fully saturated rings. The van der Waals surface area contributed by atoms with Crippen molar-refractivity contribution < 1.29 is 23.9 Å². The van der Waals surface area contributed by atoms with Crippen molar-refractivity contribution in [1.29, 1.82) is 0 Å². The zero-order valence-electron chi connectivity index (χ0n) is 17.1. The third kappa shape index (κ3) is 5.29. The van der Waals surface area contributed by atoms with Crippen LogP contribution < -0.4 is 9.47 Å². The van der Waals surface area contributed by atoms with Crippen LogP contribution in [0.2, 0.25) is 0 Å². The first-order chi connectivity index (χ1) is 14.4. The van der Waals surface area contributed by atoms with Gasteiger partial charge in [-0.1, -0.05) is 0 Å². The Morgan fingerprint density at radius 1 is 1.13 bits per heavy atom. The second-order valence-corrected chi connectivity index (χ2v) is 9.06. The Morgan fingerprint density at radius 2 is 1.83 bits per heavy atom. The molecule has 0 saturated carbocycles. The van der Waals surface area contributed by atoms with Gasteiger partial charge in [0.05, 0.1) is 21.7 Å². The lowest BCUT2D eigenvalue weighted by Crippen LogP contribution is -2.44. The molecule has 0 bridgehead atoms. The second-order valence-electron chi connectivity index (χ2n) is 6.91. The number of carbonyl (C=O) groups is 3. The van der Waals surface area contributed by atoms with E-state index in [1.165, 1.54) is 0 Å². The van der Waals surface area contributed by atoms with Crippen molar-refractivity contribution >= 4 is 57.5 Å². The molecule has 0 radical (unpaired) electrons. The van der Waals surface area contributed by atoms with Crippen molar-refractivity contribution in [3.8, 4) is 11.5 Å². The van der Waals surface area contributed by atoms with Gasteiger partial charge in [-0.2, -0.15) is 0 Å². The summed E-state index contributed by atoms with van der Waals surface area (Å²) in [6.45, 7) is 5.97. The molecule has 0 N–H and O–H groups in total. The number of piperidine rings is 1. The molecule has 0 unspecified atom stereocenters. The van der Waals surface area contributed by atoms with Crippen molar-refractivity contribution in [3.63, 3.8) is 0 Å². The lowest BCUT2D eigenvalue weighted by molar-refractivity contribution is -0.136. The van der Waals surface area contributed by atoms with Crippen LogP contribution in [-0.2, 0) is 9.59 Å². The summed E-state index contributed by atoms with van der Waals surface area (Å²) >= 11 is 3.02. The maximum absolute atomic E-state index is 12.8. The van der Waals surface area contributed by atoms with E-state index in [9.17, 15) is 14.4 Å². The summed E-state index contributed by atoms with van der Waals surface area (Å²) in [5.74, 6) is 0.652. The molecule has 0 spiro atoms. The van der Waals surface area contributed by atoms with Crippen LogP contribution >= 0.6 is 34.4 Å². The maximum Gasteiger partial charge on any atom is 0.294 e. The van der Waals surface area contributed by atoms with Crippen LogP contribution in [-0.4, -0.2) is 59.7 Å². The normalized spacial score (nSPS) is 18.3. The highest BCUT2D eigenvalue weighted by Gasteiger charge is 2.37. The van der Waals surface area contributed by atoms with E-state index in [4.69, 9.17) is 9.47 Å². The van der Waals surface area contributed by atoms with Crippen molar-refractivity contribution in [2.75, 3.05) is 32.8 Å². The van der Waals surface area contributed by atoms with Crippen LogP contribution in [0.5, 0.6) is 11.5 Å². The number of halogens is 1. The minimum absolute atomic E-state index is 0.174. The second kappa shape index (κ2) is 10.5. The van der Waals surface area contributed by atoms with E-state index in [1.807, 2.05) is 19.9 Å². The number of imide groups is 1. The third-order valence-corrected chi connectivity index (χ3v) is 6.50. The molecule has 3 rings (SSSR count). The molecule has 2 heterocycles. The van der Waals surface area contributed by atoms with Gasteiger partial charge in [-0.25, -0.2) is 0 Å². The highest BCUT2D eigenvalue weighted by molar-refractivity contribution is 14.1. The van der Waals surface area contributed by atoms with Gasteiger partial charge in [0.2, 0.25) is 5.91 Å². The molecular weight excluding hydrogens is 519 g/mol. The van der Waals surface area contributed by atoms with E-state index >= 15 is 0 Å². The molecule has 1 aromatic carbocycles. The quantitative estimate of drug-likeness (QED) is 0.380. The Hall–Kier alpha value is -1.75. The van der Waals surface area contributed by atoms with E-state index in [2.05, 4.69) is 22.6 Å². The topological polar surface area (TPSA) is 76.2 Å². The van der Waals surface area contributed by atoms with Gasteiger partial charge in [-0.15, -0.1) is 0 Å². The largest absolute Gasteiger partial charge is 0.490 e. The molecule has 0 atom stereocenters. The summed E-state index contributed by atoms with van der Waals surface area (Å²) in [5, 5.41) is -0.415. The number of hydrogen-bond acceptors (Lipinski definition) is 6. The predicted octanol–water partition coefficient (Wildman–Crippen LogP) is 4.14. The van der Waals surface area contributed by atoms with E-state index in [0.29, 0.717) is 42.7 Å². The number of ether oxygens (including phenoxy) is 2. The highest BCUT2D eigenvalue weighted by Crippen LogP contribution is 2.37. The van der Waals surface area contributed by atoms with E-state index in [0.717, 1.165) is 45.1 Å². The number of carbonyl (C=O) groups excluding carboxylic acids is 3. The van der Waals surface area contributed by atoms with Gasteiger partial charge >= 0.3 is 0 Å². The number of thioether (sulfide) groups is 1. The molecule has 0 aliphatic carbocycles. The SMILES string of the molecule is CCOc1cc(/C=C2\SC(=O)N(CC(=O)N3CCCCC3)C2=O)cc(I)c1OCC. The zero-order valence-corrected chi connectivity index (χ0v) is 20.1. The van der Waals surface area contributed by atoms with Gasteiger partial charge in [0.1, 0.15) is 6.54 Å². The molecule has 2 aliphatic rings. The number of likely N-dealkylation sites (tertiary alicyclic amines) is 1. The number of benzene rings is 1. The first-order valence-electron chi connectivity index (χ1n) is 10.1. The standard InChI is InChI=1S/C21H25IN2O5S/c1-3-28-16-11-14(10-15(22)19(16)29-4-2)12-17-20(26)24(21(27)30-17)13-18(25)23-8-6-5-7-9-23/h10-12H,3-9,13H2,1-2H3/b17-12-. The predicted molar refractivity (Wildman–Crippen MR) is 125 cm³/mol. The maximum atomic E-state index is 12.8. The summed E-state index contributed by atoms with van der Waals surface area (Å²) in [7, 11) is 0. The Labute approximate surface area is 194 Å². The molecule has 7 nitrogen and oxygen atoms in total. The van der Waals surface area contributed by atoms with Gasteiger partial charge in [0, 0.05) is 13.1 Å². The smallest absolute Gasteiger partial charge is 0.294 e. The Bertz CT molecular complexity index is 867. The average molecular weight is 544 g/mol. The molecule has 9 heteroatoms. The monoisotopic (exact) mass is 544 g/mol. The van der Waals surface area contributed by atoms with Crippen LogP contribution in [0.3, 0.4) is 0 Å². The third-order valence-electron chi connectivity index (χ3n) is 4.79. The van der Waals surface area contributed by atoms with Gasteiger partial charge in [-0.05, 0) is 91.2 Å². The van der Waals surface area contributed by atoms with E-state index in [-0.39, 0.29) is 12.5 Å². The summed E-state index contributed by atoms with van der Waals surface area (Å²) in [6, 6.07) is 3.67. The molecule has 2 aliphatic heterocycles. The van der Waals surface area contributed by atoms with Crippen molar-refractivity contribution in [3.05, 3.63) is 26.2 Å². The Kier molecular flexibility index (Phi) is 8.04. The van der Waals surface area contributed by atoms with Gasteiger partial charge < -0.3 is 14.4 Å². The number of hydrogen-bond donors (Lipinski definition) is 0. The van der Waals surface area contributed by atoms with E-state index < -0.39 is 11.1 Å². The van der Waals surface area contributed by atoms with Crippen molar-refractivity contribution in [1.82, 2.24) is 9.80 Å². The number of rotatable bonds is 7. The molecule has 3 amide bonds. The lowest BCUT2D eigenvalue weighted by Gasteiger charge is -2.27. The Balaban J connectivity index is 1.78. The van der Waals surface area contributed by atoms with Crippen LogP contribution in [0.25, 0.3) is 6.08 Å². The van der Waals surface area contributed by atoms with Crippen molar-refractivity contribution in [2.24, 2.45) is 0 Å². The average Bonchev–Trinajstić information content (AvgIpc) is 2.98. The van der Waals surface area contributed by atoms with Crippen LogP contribution in [0.1, 0.15) is 38.7 Å². The fourth-order valence-corrected chi connectivity index (χ4v) is 5.00. The van der Waals surface area contributed by atoms with Gasteiger partial charge in [0.25, 0.3) is 11.1 Å². The van der Waals surface area contributed by atoms with E-state index in [1.54, 1.807) is 17.0 Å². The number of nitrogens with zero attached hydrogens (tertiary/aromatic N) is 2. The Morgan fingerprint density at radius 3 is 2.50 bits per heavy atom.